The summed E-state index contributed by atoms with van der Waals surface area (Å²) in [6, 6.07) is 13.0. The lowest BCUT2D eigenvalue weighted by Gasteiger charge is -2.21. The maximum atomic E-state index is 12.8. The maximum Gasteiger partial charge on any atom is 0.278 e. The highest BCUT2D eigenvalue weighted by Crippen LogP contribution is 2.20. The van der Waals surface area contributed by atoms with E-state index >= 15 is 0 Å². The Morgan fingerprint density at radius 3 is 2.64 bits per heavy atom. The average Bonchev–Trinajstić information content (AvgIpc) is 2.57. The smallest absolute Gasteiger partial charge is 0.278 e. The number of aromatic nitrogens is 3. The number of fused-ring (bicyclic) bond motifs is 1. The summed E-state index contributed by atoms with van der Waals surface area (Å²) in [5.41, 5.74) is 0.719. The molecule has 128 valence electrons. The molecule has 0 spiro atoms. The van der Waals surface area contributed by atoms with Crippen LogP contribution in [0.3, 0.4) is 0 Å². The van der Waals surface area contributed by atoms with Gasteiger partial charge in [0.15, 0.2) is 0 Å². The molecule has 0 fully saturated rings. The topological polar surface area (TPSA) is 76.9 Å². The first-order valence-electron chi connectivity index (χ1n) is 7.88. The molecule has 0 bridgehead atoms. The van der Waals surface area contributed by atoms with Crippen LogP contribution in [-0.4, -0.2) is 20.9 Å². The van der Waals surface area contributed by atoms with Gasteiger partial charge in [0, 0.05) is 10.7 Å². The van der Waals surface area contributed by atoms with E-state index in [-0.39, 0.29) is 17.4 Å². The fraction of sp³-hybridized carbons (Fsp3) is 0.222. The van der Waals surface area contributed by atoms with Crippen molar-refractivity contribution in [2.24, 2.45) is 5.92 Å². The second-order valence-corrected chi connectivity index (χ2v) is 6.48. The van der Waals surface area contributed by atoms with E-state index in [0.717, 1.165) is 4.68 Å². The van der Waals surface area contributed by atoms with E-state index in [1.54, 1.807) is 48.5 Å². The number of rotatable bonds is 4. The molecule has 1 N–H and O–H groups in total. The van der Waals surface area contributed by atoms with Crippen molar-refractivity contribution >= 4 is 34.1 Å². The molecule has 0 saturated carbocycles. The first-order chi connectivity index (χ1) is 12.0. The fourth-order valence-corrected chi connectivity index (χ4v) is 2.85. The second kappa shape index (κ2) is 7.03. The number of carbonyl (C=O) groups excluding carboxylic acids is 1. The van der Waals surface area contributed by atoms with Crippen LogP contribution >= 0.6 is 11.6 Å². The summed E-state index contributed by atoms with van der Waals surface area (Å²) in [6.07, 6.45) is 0. The summed E-state index contributed by atoms with van der Waals surface area (Å²) in [5, 5.41) is 11.8. The third-order valence-electron chi connectivity index (χ3n) is 3.85. The minimum absolute atomic E-state index is 0.160. The van der Waals surface area contributed by atoms with Gasteiger partial charge in [-0.15, -0.1) is 5.10 Å². The van der Waals surface area contributed by atoms with E-state index in [9.17, 15) is 9.59 Å². The van der Waals surface area contributed by atoms with Gasteiger partial charge in [0.1, 0.15) is 11.6 Å². The lowest BCUT2D eigenvalue weighted by molar-refractivity contribution is -0.120. The molecular formula is C18H17ClN4O2. The molecular weight excluding hydrogens is 340 g/mol. The number of amides is 1. The Bertz CT molecular complexity index is 984. The Labute approximate surface area is 149 Å². The SMILES string of the molecule is CC(C)[C@@H](C(=O)Nc1cccc(Cl)c1)n1nnc2ccccc2c1=O. The van der Waals surface area contributed by atoms with E-state index in [0.29, 0.717) is 21.6 Å². The van der Waals surface area contributed by atoms with Crippen LogP contribution in [0.2, 0.25) is 5.02 Å². The van der Waals surface area contributed by atoms with Gasteiger partial charge in [-0.2, -0.15) is 4.68 Å². The molecule has 7 heteroatoms. The molecule has 1 heterocycles. The highest BCUT2D eigenvalue weighted by Gasteiger charge is 2.27. The summed E-state index contributed by atoms with van der Waals surface area (Å²) in [5.74, 6) is -0.503. The normalized spacial score (nSPS) is 12.3. The molecule has 1 amide bonds. The molecule has 0 aliphatic heterocycles. The van der Waals surface area contributed by atoms with Gasteiger partial charge >= 0.3 is 0 Å². The number of anilines is 1. The molecule has 6 nitrogen and oxygen atoms in total. The van der Waals surface area contributed by atoms with Crippen LogP contribution < -0.4 is 10.9 Å². The van der Waals surface area contributed by atoms with Crippen molar-refractivity contribution in [3.63, 3.8) is 0 Å². The highest BCUT2D eigenvalue weighted by atomic mass is 35.5. The second-order valence-electron chi connectivity index (χ2n) is 6.04. The zero-order valence-electron chi connectivity index (χ0n) is 13.8. The van der Waals surface area contributed by atoms with Crippen LogP contribution in [0.4, 0.5) is 5.69 Å². The van der Waals surface area contributed by atoms with Crippen LogP contribution in [0, 0.1) is 5.92 Å². The third kappa shape index (κ3) is 3.53. The van der Waals surface area contributed by atoms with Gasteiger partial charge < -0.3 is 5.32 Å². The van der Waals surface area contributed by atoms with Gasteiger partial charge in [-0.25, -0.2) is 0 Å². The number of nitrogens with one attached hydrogen (secondary N) is 1. The molecule has 0 aliphatic rings. The fourth-order valence-electron chi connectivity index (χ4n) is 2.66. The number of hydrogen-bond acceptors (Lipinski definition) is 4. The average molecular weight is 357 g/mol. The molecule has 3 rings (SSSR count). The van der Waals surface area contributed by atoms with Gasteiger partial charge in [-0.3, -0.25) is 9.59 Å². The van der Waals surface area contributed by atoms with Crippen molar-refractivity contribution in [3.05, 3.63) is 63.9 Å². The number of halogens is 1. The standard InChI is InChI=1S/C18H17ClN4O2/c1-11(2)16(17(24)20-13-7-5-6-12(19)10-13)23-18(25)14-8-3-4-9-15(14)21-22-23/h3-11,16H,1-2H3,(H,20,24)/t16-/m0/s1. The molecule has 0 saturated heterocycles. The Balaban J connectivity index is 2.00. The summed E-state index contributed by atoms with van der Waals surface area (Å²) >= 11 is 5.95. The van der Waals surface area contributed by atoms with Crippen LogP contribution in [0.25, 0.3) is 10.9 Å². The summed E-state index contributed by atoms with van der Waals surface area (Å²) in [4.78, 5) is 25.5. The summed E-state index contributed by atoms with van der Waals surface area (Å²) in [6.45, 7) is 3.71. The number of nitrogens with zero attached hydrogens (tertiary/aromatic N) is 3. The van der Waals surface area contributed by atoms with Crippen molar-refractivity contribution in [2.45, 2.75) is 19.9 Å². The maximum absolute atomic E-state index is 12.8. The largest absolute Gasteiger partial charge is 0.324 e. The van der Waals surface area contributed by atoms with E-state index in [4.69, 9.17) is 11.6 Å². The van der Waals surface area contributed by atoms with Crippen LogP contribution in [0.1, 0.15) is 19.9 Å². The van der Waals surface area contributed by atoms with Crippen molar-refractivity contribution in [1.82, 2.24) is 15.0 Å². The zero-order valence-corrected chi connectivity index (χ0v) is 14.6. The molecule has 0 aliphatic carbocycles. The van der Waals surface area contributed by atoms with Crippen molar-refractivity contribution in [3.8, 4) is 0 Å². The Kier molecular flexibility index (Phi) is 4.81. The Morgan fingerprint density at radius 2 is 1.92 bits per heavy atom. The lowest BCUT2D eigenvalue weighted by atomic mass is 10.0. The minimum Gasteiger partial charge on any atom is -0.324 e. The van der Waals surface area contributed by atoms with Gasteiger partial charge in [0.05, 0.1) is 5.39 Å². The lowest BCUT2D eigenvalue weighted by Crippen LogP contribution is -2.38. The zero-order chi connectivity index (χ0) is 18.0. The molecule has 2 aromatic carbocycles. The minimum atomic E-state index is -0.788. The quantitative estimate of drug-likeness (QED) is 0.778. The van der Waals surface area contributed by atoms with Gasteiger partial charge in [-0.1, -0.05) is 48.9 Å². The Hall–Kier alpha value is -2.73. The van der Waals surface area contributed by atoms with Gasteiger partial charge in [0.25, 0.3) is 5.56 Å². The van der Waals surface area contributed by atoms with E-state index in [1.807, 2.05) is 13.8 Å². The summed E-state index contributed by atoms with van der Waals surface area (Å²) in [7, 11) is 0. The number of benzene rings is 2. The molecule has 0 unspecified atom stereocenters. The van der Waals surface area contributed by atoms with E-state index < -0.39 is 6.04 Å². The van der Waals surface area contributed by atoms with Crippen LogP contribution in [0.15, 0.2) is 53.3 Å². The number of carbonyl (C=O) groups is 1. The molecule has 1 atom stereocenters. The monoisotopic (exact) mass is 356 g/mol. The van der Waals surface area contributed by atoms with E-state index in [2.05, 4.69) is 15.6 Å². The van der Waals surface area contributed by atoms with Gasteiger partial charge in [0.2, 0.25) is 5.91 Å². The van der Waals surface area contributed by atoms with Crippen molar-refractivity contribution in [1.29, 1.82) is 0 Å². The molecule has 0 radical (unpaired) electrons. The summed E-state index contributed by atoms with van der Waals surface area (Å²) < 4.78 is 1.15. The number of hydrogen-bond donors (Lipinski definition) is 1. The van der Waals surface area contributed by atoms with Crippen LogP contribution in [0.5, 0.6) is 0 Å². The predicted molar refractivity (Wildman–Crippen MR) is 97.8 cm³/mol. The van der Waals surface area contributed by atoms with Gasteiger partial charge in [-0.05, 0) is 36.2 Å². The molecule has 25 heavy (non-hydrogen) atoms. The van der Waals surface area contributed by atoms with Crippen molar-refractivity contribution < 1.29 is 4.79 Å². The molecule has 3 aromatic rings. The third-order valence-corrected chi connectivity index (χ3v) is 4.08. The van der Waals surface area contributed by atoms with Crippen molar-refractivity contribution in [2.75, 3.05) is 5.32 Å². The first-order valence-corrected chi connectivity index (χ1v) is 8.26. The highest BCUT2D eigenvalue weighted by molar-refractivity contribution is 6.30. The predicted octanol–water partition coefficient (Wildman–Crippen LogP) is 3.28. The first kappa shape index (κ1) is 17.1. The Morgan fingerprint density at radius 1 is 1.16 bits per heavy atom. The molecule has 1 aromatic heterocycles. The van der Waals surface area contributed by atoms with Crippen LogP contribution in [-0.2, 0) is 4.79 Å². The van der Waals surface area contributed by atoms with E-state index in [1.165, 1.54) is 0 Å².